The van der Waals surface area contributed by atoms with Gasteiger partial charge in [-0.25, -0.2) is 9.59 Å². The van der Waals surface area contributed by atoms with Gasteiger partial charge in [0.25, 0.3) is 0 Å². The molecule has 1 aromatic heterocycles. The molecule has 0 spiro atoms. The van der Waals surface area contributed by atoms with E-state index in [1.165, 1.54) is 6.07 Å². The molecule has 1 amide bonds. The number of ether oxygens (including phenoxy) is 1. The minimum atomic E-state index is -0.528. The van der Waals surface area contributed by atoms with Gasteiger partial charge in [0.05, 0.1) is 0 Å². The van der Waals surface area contributed by atoms with E-state index in [-0.39, 0.29) is 0 Å². The Morgan fingerprint density at radius 1 is 1.25 bits per heavy atom. The van der Waals surface area contributed by atoms with Crippen molar-refractivity contribution in [3.05, 3.63) is 46.3 Å². The minimum Gasteiger partial charge on any atom is -0.444 e. The smallest absolute Gasteiger partial charge is 0.407 e. The van der Waals surface area contributed by atoms with Gasteiger partial charge in [0.2, 0.25) is 0 Å². The molecule has 1 N–H and O–H groups in total. The van der Waals surface area contributed by atoms with E-state index in [4.69, 9.17) is 9.15 Å². The van der Waals surface area contributed by atoms with Gasteiger partial charge < -0.3 is 14.5 Å². The van der Waals surface area contributed by atoms with E-state index in [1.54, 1.807) is 32.9 Å². The summed E-state index contributed by atoms with van der Waals surface area (Å²) in [5, 5.41) is 3.49. The van der Waals surface area contributed by atoms with E-state index >= 15 is 0 Å². The second kappa shape index (κ2) is 5.36. The van der Waals surface area contributed by atoms with E-state index < -0.39 is 17.3 Å². The van der Waals surface area contributed by atoms with Crippen molar-refractivity contribution in [2.24, 2.45) is 0 Å². The molecule has 0 saturated carbocycles. The molecule has 2 rings (SSSR count). The zero-order valence-corrected chi connectivity index (χ0v) is 11.7. The molecule has 1 heterocycles. The number of carbonyl (C=O) groups excluding carboxylic acids is 1. The summed E-state index contributed by atoms with van der Waals surface area (Å²) in [5.41, 5.74) is 0.411. The van der Waals surface area contributed by atoms with Crippen molar-refractivity contribution in [2.45, 2.75) is 32.9 Å². The Morgan fingerprint density at radius 3 is 2.65 bits per heavy atom. The van der Waals surface area contributed by atoms with Crippen LogP contribution in [0.1, 0.15) is 26.3 Å². The first-order valence-electron chi connectivity index (χ1n) is 6.33. The van der Waals surface area contributed by atoms with Crippen molar-refractivity contribution >= 4 is 17.1 Å². The summed E-state index contributed by atoms with van der Waals surface area (Å²) in [6, 6.07) is 8.51. The van der Waals surface area contributed by atoms with Crippen LogP contribution in [0, 0.1) is 0 Å². The molecule has 5 nitrogen and oxygen atoms in total. The lowest BCUT2D eigenvalue weighted by atomic mass is 10.1. The maximum atomic E-state index is 11.5. The number of amides is 1. The molecule has 0 unspecified atom stereocenters. The fraction of sp³-hybridized carbons (Fsp3) is 0.333. The Balaban J connectivity index is 2.07. The molecule has 106 valence electrons. The third-order valence-corrected chi connectivity index (χ3v) is 2.52. The predicted octanol–water partition coefficient (Wildman–Crippen LogP) is 2.82. The number of fused-ring (bicyclic) bond motifs is 1. The third-order valence-electron chi connectivity index (χ3n) is 2.52. The van der Waals surface area contributed by atoms with E-state index in [0.29, 0.717) is 12.1 Å². The van der Waals surface area contributed by atoms with Crippen LogP contribution in [0.15, 0.2) is 39.5 Å². The maximum Gasteiger partial charge on any atom is 0.407 e. The van der Waals surface area contributed by atoms with Crippen molar-refractivity contribution in [2.75, 3.05) is 0 Å². The molecule has 0 aliphatic rings. The first-order valence-corrected chi connectivity index (χ1v) is 6.33. The minimum absolute atomic E-state index is 0.309. The first kappa shape index (κ1) is 14.1. The van der Waals surface area contributed by atoms with Crippen LogP contribution < -0.4 is 10.9 Å². The van der Waals surface area contributed by atoms with Crippen molar-refractivity contribution < 1.29 is 13.9 Å². The van der Waals surface area contributed by atoms with Gasteiger partial charge in [-0.1, -0.05) is 12.1 Å². The molecule has 0 saturated heterocycles. The van der Waals surface area contributed by atoms with Crippen molar-refractivity contribution in [1.29, 1.82) is 0 Å². The Morgan fingerprint density at radius 2 is 1.95 bits per heavy atom. The molecule has 0 aliphatic carbocycles. The van der Waals surface area contributed by atoms with Crippen LogP contribution in [0.3, 0.4) is 0 Å². The Labute approximate surface area is 116 Å². The average molecular weight is 275 g/mol. The zero-order valence-electron chi connectivity index (χ0n) is 11.7. The second-order valence-corrected chi connectivity index (χ2v) is 5.48. The van der Waals surface area contributed by atoms with Gasteiger partial charge in [0.15, 0.2) is 0 Å². The van der Waals surface area contributed by atoms with Crippen LogP contribution in [-0.4, -0.2) is 11.7 Å². The van der Waals surface area contributed by atoms with Crippen LogP contribution >= 0.6 is 0 Å². The van der Waals surface area contributed by atoms with E-state index in [9.17, 15) is 9.59 Å². The van der Waals surface area contributed by atoms with Gasteiger partial charge >= 0.3 is 11.7 Å². The summed E-state index contributed by atoms with van der Waals surface area (Å²) in [4.78, 5) is 22.7. The van der Waals surface area contributed by atoms with E-state index in [0.717, 1.165) is 10.9 Å². The molecule has 2 aromatic rings. The topological polar surface area (TPSA) is 68.5 Å². The van der Waals surface area contributed by atoms with Gasteiger partial charge in [-0.15, -0.1) is 0 Å². The molecular formula is C15H17NO4. The molecule has 20 heavy (non-hydrogen) atoms. The van der Waals surface area contributed by atoms with Crippen molar-refractivity contribution in [3.8, 4) is 0 Å². The lowest BCUT2D eigenvalue weighted by Crippen LogP contribution is -2.32. The number of rotatable bonds is 2. The summed E-state index contributed by atoms with van der Waals surface area (Å²) in [6.07, 6.45) is -0.480. The molecule has 0 bridgehead atoms. The molecule has 0 radical (unpaired) electrons. The van der Waals surface area contributed by atoms with E-state index in [2.05, 4.69) is 5.32 Å². The highest BCUT2D eigenvalue weighted by Crippen LogP contribution is 2.14. The fourth-order valence-corrected chi connectivity index (χ4v) is 1.70. The molecule has 0 fully saturated rings. The normalized spacial score (nSPS) is 11.3. The first-order chi connectivity index (χ1) is 9.33. The maximum absolute atomic E-state index is 11.5. The SMILES string of the molecule is CC(C)(C)OC(=O)NCc1ccc2ccc(=O)oc2c1. The van der Waals surface area contributed by atoms with Gasteiger partial charge in [-0.05, 0) is 38.5 Å². The van der Waals surface area contributed by atoms with Crippen LogP contribution in [0.5, 0.6) is 0 Å². The summed E-state index contributed by atoms with van der Waals surface area (Å²) >= 11 is 0. The Hall–Kier alpha value is -2.30. The largest absolute Gasteiger partial charge is 0.444 e. The second-order valence-electron chi connectivity index (χ2n) is 5.48. The van der Waals surface area contributed by atoms with Crippen molar-refractivity contribution in [1.82, 2.24) is 5.32 Å². The number of hydrogen-bond acceptors (Lipinski definition) is 4. The van der Waals surface area contributed by atoms with Crippen LogP contribution in [0.25, 0.3) is 11.0 Å². The lowest BCUT2D eigenvalue weighted by Gasteiger charge is -2.19. The van der Waals surface area contributed by atoms with Gasteiger partial charge in [0, 0.05) is 18.0 Å². The predicted molar refractivity (Wildman–Crippen MR) is 75.6 cm³/mol. The lowest BCUT2D eigenvalue weighted by molar-refractivity contribution is 0.0523. The molecular weight excluding hydrogens is 258 g/mol. The van der Waals surface area contributed by atoms with Crippen molar-refractivity contribution in [3.63, 3.8) is 0 Å². The monoisotopic (exact) mass is 275 g/mol. The quantitative estimate of drug-likeness (QED) is 0.856. The Kier molecular flexibility index (Phi) is 3.79. The highest BCUT2D eigenvalue weighted by molar-refractivity contribution is 5.77. The van der Waals surface area contributed by atoms with Gasteiger partial charge in [-0.2, -0.15) is 0 Å². The third kappa shape index (κ3) is 3.85. The average Bonchev–Trinajstić information content (AvgIpc) is 2.33. The number of alkyl carbamates (subject to hydrolysis) is 1. The molecule has 1 aromatic carbocycles. The van der Waals surface area contributed by atoms with E-state index in [1.807, 2.05) is 12.1 Å². The highest BCUT2D eigenvalue weighted by Gasteiger charge is 2.15. The summed E-state index contributed by atoms with van der Waals surface area (Å²) in [5.74, 6) is 0. The van der Waals surface area contributed by atoms with Gasteiger partial charge in [-0.3, -0.25) is 0 Å². The van der Waals surface area contributed by atoms with Crippen LogP contribution in [0.2, 0.25) is 0 Å². The fourth-order valence-electron chi connectivity index (χ4n) is 1.70. The molecule has 0 atom stereocenters. The summed E-state index contributed by atoms with van der Waals surface area (Å²) in [7, 11) is 0. The summed E-state index contributed by atoms with van der Waals surface area (Å²) < 4.78 is 10.2. The number of carbonyl (C=O) groups is 1. The van der Waals surface area contributed by atoms with Crippen LogP contribution in [0.4, 0.5) is 4.79 Å². The van der Waals surface area contributed by atoms with Crippen LogP contribution in [-0.2, 0) is 11.3 Å². The number of benzene rings is 1. The van der Waals surface area contributed by atoms with Gasteiger partial charge in [0.1, 0.15) is 11.2 Å². The molecule has 0 aliphatic heterocycles. The highest BCUT2D eigenvalue weighted by atomic mass is 16.6. The molecule has 5 heteroatoms. The Bertz CT molecular complexity index is 682. The summed E-state index contributed by atoms with van der Waals surface area (Å²) in [6.45, 7) is 5.72. The number of nitrogens with one attached hydrogen (secondary N) is 1. The number of hydrogen-bond donors (Lipinski definition) is 1. The standard InChI is InChI=1S/C15H17NO4/c1-15(2,3)20-14(18)16-9-10-4-5-11-6-7-13(17)19-12(11)8-10/h4-8H,9H2,1-3H3,(H,16,18). The zero-order chi connectivity index (χ0) is 14.8.